The van der Waals surface area contributed by atoms with Crippen molar-refractivity contribution in [1.82, 2.24) is 5.32 Å². The van der Waals surface area contributed by atoms with Gasteiger partial charge in [-0.1, -0.05) is 6.07 Å². The first-order valence-corrected chi connectivity index (χ1v) is 7.21. The molecule has 19 heavy (non-hydrogen) atoms. The maximum Gasteiger partial charge on any atom is 0.226 e. The summed E-state index contributed by atoms with van der Waals surface area (Å²) in [5, 5.41) is 3.36. The number of anilines is 2. The number of carbonyl (C=O) groups is 1. The van der Waals surface area contributed by atoms with Crippen LogP contribution < -0.4 is 15.1 Å². The number of hydrogen-bond acceptors (Lipinski definition) is 3. The highest BCUT2D eigenvalue weighted by Crippen LogP contribution is 2.25. The molecule has 1 amide bonds. The number of nitrogens with one attached hydrogen (secondary N) is 1. The van der Waals surface area contributed by atoms with Crippen LogP contribution in [0.5, 0.6) is 0 Å². The van der Waals surface area contributed by atoms with E-state index in [0.717, 1.165) is 51.3 Å². The van der Waals surface area contributed by atoms with Crippen molar-refractivity contribution in [3.8, 4) is 0 Å². The van der Waals surface area contributed by atoms with Gasteiger partial charge < -0.3 is 15.1 Å². The number of carbonyl (C=O) groups excluding carboxylic acids is 1. The van der Waals surface area contributed by atoms with Crippen LogP contribution in [-0.2, 0) is 4.79 Å². The van der Waals surface area contributed by atoms with Gasteiger partial charge in [0.2, 0.25) is 5.91 Å². The fraction of sp³-hybridized carbons (Fsp3) is 0.533. The minimum Gasteiger partial charge on any atom is -0.369 e. The average Bonchev–Trinajstić information content (AvgIpc) is 2.49. The van der Waals surface area contributed by atoms with Gasteiger partial charge in [0.1, 0.15) is 0 Å². The van der Waals surface area contributed by atoms with Gasteiger partial charge in [0.25, 0.3) is 0 Å². The minimum absolute atomic E-state index is 0.267. The number of hydrogen-bond donors (Lipinski definition) is 1. The third-order valence-corrected chi connectivity index (χ3v) is 3.95. The number of nitrogens with zero attached hydrogens (tertiary/aromatic N) is 2. The zero-order chi connectivity index (χ0) is 13.1. The molecule has 0 aromatic heterocycles. The van der Waals surface area contributed by atoms with Crippen molar-refractivity contribution < 1.29 is 4.79 Å². The largest absolute Gasteiger partial charge is 0.369 e. The Labute approximate surface area is 114 Å². The Bertz CT molecular complexity index is 454. The second-order valence-electron chi connectivity index (χ2n) is 5.26. The molecule has 2 heterocycles. The van der Waals surface area contributed by atoms with E-state index in [-0.39, 0.29) is 5.91 Å². The molecule has 2 aliphatic rings. The summed E-state index contributed by atoms with van der Waals surface area (Å²) < 4.78 is 0. The normalized spacial score (nSPS) is 20.7. The first-order valence-electron chi connectivity index (χ1n) is 7.21. The Morgan fingerprint density at radius 3 is 2.58 bits per heavy atom. The minimum atomic E-state index is 0.267. The van der Waals surface area contributed by atoms with Crippen LogP contribution in [0.1, 0.15) is 19.3 Å². The molecular formula is C15H21N3O. The zero-order valence-corrected chi connectivity index (χ0v) is 11.3. The third kappa shape index (κ3) is 2.73. The predicted molar refractivity (Wildman–Crippen MR) is 77.7 cm³/mol. The van der Waals surface area contributed by atoms with Crippen LogP contribution >= 0.6 is 0 Å². The van der Waals surface area contributed by atoms with Crippen LogP contribution in [0.4, 0.5) is 11.4 Å². The van der Waals surface area contributed by atoms with Crippen LogP contribution in [0.2, 0.25) is 0 Å². The Morgan fingerprint density at radius 1 is 1.00 bits per heavy atom. The number of piperidine rings is 1. The molecule has 3 rings (SSSR count). The van der Waals surface area contributed by atoms with Gasteiger partial charge in [0, 0.05) is 50.5 Å². The van der Waals surface area contributed by atoms with Gasteiger partial charge in [-0.3, -0.25) is 4.79 Å². The zero-order valence-electron chi connectivity index (χ0n) is 11.3. The molecule has 0 radical (unpaired) electrons. The number of piperazine rings is 1. The van der Waals surface area contributed by atoms with E-state index in [4.69, 9.17) is 0 Å². The van der Waals surface area contributed by atoms with E-state index in [1.807, 2.05) is 4.90 Å². The molecule has 4 nitrogen and oxygen atoms in total. The van der Waals surface area contributed by atoms with E-state index < -0.39 is 0 Å². The second kappa shape index (κ2) is 5.61. The summed E-state index contributed by atoms with van der Waals surface area (Å²) in [6, 6.07) is 8.42. The van der Waals surface area contributed by atoms with Crippen LogP contribution in [0.25, 0.3) is 0 Å². The quantitative estimate of drug-likeness (QED) is 0.876. The highest BCUT2D eigenvalue weighted by Gasteiger charge is 2.20. The van der Waals surface area contributed by atoms with Gasteiger partial charge in [0.15, 0.2) is 0 Å². The van der Waals surface area contributed by atoms with E-state index >= 15 is 0 Å². The first-order chi connectivity index (χ1) is 9.34. The van der Waals surface area contributed by atoms with Crippen molar-refractivity contribution in [3.63, 3.8) is 0 Å². The Morgan fingerprint density at radius 2 is 1.79 bits per heavy atom. The Kier molecular flexibility index (Phi) is 3.69. The molecule has 1 aromatic carbocycles. The van der Waals surface area contributed by atoms with Crippen molar-refractivity contribution >= 4 is 17.3 Å². The fourth-order valence-electron chi connectivity index (χ4n) is 2.86. The molecule has 1 aromatic rings. The lowest BCUT2D eigenvalue weighted by atomic mass is 10.1. The highest BCUT2D eigenvalue weighted by molar-refractivity contribution is 5.94. The summed E-state index contributed by atoms with van der Waals surface area (Å²) in [6.45, 7) is 5.01. The van der Waals surface area contributed by atoms with Gasteiger partial charge in [0.05, 0.1) is 0 Å². The van der Waals surface area contributed by atoms with E-state index in [0.29, 0.717) is 6.42 Å². The van der Waals surface area contributed by atoms with Crippen LogP contribution in [0.15, 0.2) is 24.3 Å². The average molecular weight is 259 g/mol. The second-order valence-corrected chi connectivity index (χ2v) is 5.26. The summed E-state index contributed by atoms with van der Waals surface area (Å²) >= 11 is 0. The van der Waals surface area contributed by atoms with Crippen molar-refractivity contribution in [1.29, 1.82) is 0 Å². The molecule has 4 heteroatoms. The van der Waals surface area contributed by atoms with E-state index in [2.05, 4.69) is 34.5 Å². The monoisotopic (exact) mass is 259 g/mol. The Balaban J connectivity index is 1.80. The van der Waals surface area contributed by atoms with Gasteiger partial charge in [-0.05, 0) is 31.0 Å². The molecule has 0 bridgehead atoms. The number of amides is 1. The molecule has 1 N–H and O–H groups in total. The maximum absolute atomic E-state index is 12.0. The van der Waals surface area contributed by atoms with Crippen LogP contribution in [0, 0.1) is 0 Å². The van der Waals surface area contributed by atoms with Crippen molar-refractivity contribution in [3.05, 3.63) is 24.3 Å². The molecule has 2 saturated heterocycles. The lowest BCUT2D eigenvalue weighted by Crippen LogP contribution is -2.43. The van der Waals surface area contributed by atoms with Crippen molar-refractivity contribution in [2.45, 2.75) is 19.3 Å². The smallest absolute Gasteiger partial charge is 0.226 e. The molecule has 0 aliphatic carbocycles. The molecule has 0 saturated carbocycles. The molecule has 0 spiro atoms. The lowest BCUT2D eigenvalue weighted by Gasteiger charge is -2.31. The molecule has 2 aliphatic heterocycles. The number of benzene rings is 1. The number of rotatable bonds is 2. The van der Waals surface area contributed by atoms with Gasteiger partial charge in [-0.2, -0.15) is 0 Å². The first kappa shape index (κ1) is 12.5. The lowest BCUT2D eigenvalue weighted by molar-refractivity contribution is -0.119. The molecular weight excluding hydrogens is 238 g/mol. The van der Waals surface area contributed by atoms with Crippen LogP contribution in [-0.4, -0.2) is 38.6 Å². The summed E-state index contributed by atoms with van der Waals surface area (Å²) in [7, 11) is 0. The molecule has 102 valence electrons. The molecule has 2 fully saturated rings. The summed E-state index contributed by atoms with van der Waals surface area (Å²) in [5.41, 5.74) is 2.29. The predicted octanol–water partition coefficient (Wildman–Crippen LogP) is 1.61. The van der Waals surface area contributed by atoms with E-state index in [1.54, 1.807) is 0 Å². The van der Waals surface area contributed by atoms with Crippen LogP contribution in [0.3, 0.4) is 0 Å². The SMILES string of the molecule is O=C1CCCCN1c1cccc(N2CCNCC2)c1. The standard InChI is InChI=1S/C15H21N3O/c19-15-6-1-2-9-18(15)14-5-3-4-13(12-14)17-10-7-16-8-11-17/h3-5,12,16H,1-2,6-11H2. The van der Waals surface area contributed by atoms with Gasteiger partial charge in [-0.25, -0.2) is 0 Å². The molecule has 0 unspecified atom stereocenters. The van der Waals surface area contributed by atoms with Gasteiger partial charge in [-0.15, -0.1) is 0 Å². The molecule has 0 atom stereocenters. The van der Waals surface area contributed by atoms with Crippen molar-refractivity contribution in [2.75, 3.05) is 42.5 Å². The summed E-state index contributed by atoms with van der Waals surface area (Å²) in [4.78, 5) is 16.3. The summed E-state index contributed by atoms with van der Waals surface area (Å²) in [5.74, 6) is 0.267. The topological polar surface area (TPSA) is 35.6 Å². The third-order valence-electron chi connectivity index (χ3n) is 3.95. The van der Waals surface area contributed by atoms with E-state index in [9.17, 15) is 4.79 Å². The maximum atomic E-state index is 12.0. The fourth-order valence-corrected chi connectivity index (χ4v) is 2.86. The summed E-state index contributed by atoms with van der Waals surface area (Å²) in [6.07, 6.45) is 2.84. The van der Waals surface area contributed by atoms with Crippen molar-refractivity contribution in [2.24, 2.45) is 0 Å². The van der Waals surface area contributed by atoms with E-state index in [1.165, 1.54) is 5.69 Å². The highest BCUT2D eigenvalue weighted by atomic mass is 16.2. The van der Waals surface area contributed by atoms with Gasteiger partial charge >= 0.3 is 0 Å². The Hall–Kier alpha value is -1.55.